The summed E-state index contributed by atoms with van der Waals surface area (Å²) in [6.45, 7) is 3.40. The van der Waals surface area contributed by atoms with Gasteiger partial charge in [0.05, 0.1) is 12.1 Å². The number of halogens is 1. The van der Waals surface area contributed by atoms with Gasteiger partial charge in [-0.1, -0.05) is 12.1 Å². The van der Waals surface area contributed by atoms with Crippen molar-refractivity contribution in [3.63, 3.8) is 0 Å². The quantitative estimate of drug-likeness (QED) is 0.782. The van der Waals surface area contributed by atoms with E-state index in [1.165, 1.54) is 12.1 Å². The van der Waals surface area contributed by atoms with Crippen LogP contribution in [0.2, 0.25) is 0 Å². The molecule has 0 saturated carbocycles. The van der Waals surface area contributed by atoms with Crippen LogP contribution in [0.4, 0.5) is 10.1 Å². The van der Waals surface area contributed by atoms with Crippen molar-refractivity contribution in [3.8, 4) is 0 Å². The molecule has 3 heterocycles. The molecule has 0 aliphatic carbocycles. The third-order valence-electron chi connectivity index (χ3n) is 5.68. The van der Waals surface area contributed by atoms with E-state index < -0.39 is 5.60 Å². The van der Waals surface area contributed by atoms with E-state index in [4.69, 9.17) is 4.74 Å². The van der Waals surface area contributed by atoms with Gasteiger partial charge in [0, 0.05) is 25.0 Å². The zero-order valence-corrected chi connectivity index (χ0v) is 16.4. The summed E-state index contributed by atoms with van der Waals surface area (Å²) in [6, 6.07) is 9.69. The van der Waals surface area contributed by atoms with Crippen molar-refractivity contribution in [2.75, 3.05) is 31.1 Å². The van der Waals surface area contributed by atoms with Gasteiger partial charge in [-0.2, -0.15) is 0 Å². The summed E-state index contributed by atoms with van der Waals surface area (Å²) < 4.78 is 19.6. The van der Waals surface area contributed by atoms with Crippen molar-refractivity contribution >= 4 is 17.5 Å². The molecule has 2 fully saturated rings. The Kier molecular flexibility index (Phi) is 5.32. The monoisotopic (exact) mass is 397 g/mol. The van der Waals surface area contributed by atoms with Crippen LogP contribution in [0.5, 0.6) is 0 Å². The number of morpholine rings is 1. The number of benzene rings is 1. The minimum atomic E-state index is -0.532. The molecule has 6 nitrogen and oxygen atoms in total. The number of amides is 2. The van der Waals surface area contributed by atoms with Gasteiger partial charge in [0.25, 0.3) is 11.8 Å². The van der Waals surface area contributed by atoms with Crippen LogP contribution in [-0.2, 0) is 9.53 Å². The number of aryl methyl sites for hydroxylation is 1. The molecule has 2 aliphatic heterocycles. The molecule has 1 aromatic heterocycles. The van der Waals surface area contributed by atoms with Gasteiger partial charge >= 0.3 is 0 Å². The van der Waals surface area contributed by atoms with E-state index in [-0.39, 0.29) is 24.2 Å². The Morgan fingerprint density at radius 1 is 1.21 bits per heavy atom. The average Bonchev–Trinajstić information content (AvgIpc) is 2.93. The van der Waals surface area contributed by atoms with Gasteiger partial charge in [0.1, 0.15) is 18.1 Å². The summed E-state index contributed by atoms with van der Waals surface area (Å²) in [5.74, 6) is -0.641. The molecule has 4 rings (SSSR count). The van der Waals surface area contributed by atoms with E-state index in [1.807, 2.05) is 13.0 Å². The second-order valence-electron chi connectivity index (χ2n) is 7.80. The lowest BCUT2D eigenvalue weighted by Crippen LogP contribution is -2.55. The second-order valence-corrected chi connectivity index (χ2v) is 7.80. The summed E-state index contributed by atoms with van der Waals surface area (Å²) in [5.41, 5.74) is 1.45. The number of likely N-dealkylation sites (tertiary alicyclic amines) is 1. The molecule has 2 aliphatic rings. The molecule has 0 radical (unpaired) electrons. The lowest BCUT2D eigenvalue weighted by molar-refractivity contribution is -0.140. The normalized spacial score (nSPS) is 22.6. The third-order valence-corrected chi connectivity index (χ3v) is 5.68. The van der Waals surface area contributed by atoms with Crippen LogP contribution in [0.25, 0.3) is 0 Å². The lowest BCUT2D eigenvalue weighted by Gasteiger charge is -2.42. The van der Waals surface area contributed by atoms with Gasteiger partial charge in [-0.15, -0.1) is 0 Å². The van der Waals surface area contributed by atoms with Crippen LogP contribution < -0.4 is 4.90 Å². The highest BCUT2D eigenvalue weighted by molar-refractivity contribution is 5.95. The Bertz CT molecular complexity index is 918. The molecule has 1 unspecified atom stereocenters. The van der Waals surface area contributed by atoms with Crippen LogP contribution in [0.1, 0.15) is 35.3 Å². The van der Waals surface area contributed by atoms with Crippen LogP contribution >= 0.6 is 0 Å². The number of pyridine rings is 1. The smallest absolute Gasteiger partial charge is 0.272 e. The molecule has 1 atom stereocenters. The lowest BCUT2D eigenvalue weighted by atomic mass is 9.92. The summed E-state index contributed by atoms with van der Waals surface area (Å²) in [5, 5.41) is 0. The fraction of sp³-hybridized carbons (Fsp3) is 0.409. The van der Waals surface area contributed by atoms with Gasteiger partial charge in [0.15, 0.2) is 0 Å². The van der Waals surface area contributed by atoms with Gasteiger partial charge < -0.3 is 14.5 Å². The molecule has 1 spiro atoms. The molecule has 0 bridgehead atoms. The highest BCUT2D eigenvalue weighted by Gasteiger charge is 2.42. The number of carbonyl (C=O) groups excluding carboxylic acids is 2. The highest BCUT2D eigenvalue weighted by atomic mass is 19.1. The number of carbonyl (C=O) groups is 2. The molecule has 2 amide bonds. The summed E-state index contributed by atoms with van der Waals surface area (Å²) in [4.78, 5) is 32.9. The van der Waals surface area contributed by atoms with Crippen molar-refractivity contribution in [2.24, 2.45) is 0 Å². The zero-order chi connectivity index (χ0) is 20.4. The fourth-order valence-corrected chi connectivity index (χ4v) is 4.02. The first kappa shape index (κ1) is 19.5. The summed E-state index contributed by atoms with van der Waals surface area (Å²) in [7, 11) is 0. The Hall–Kier alpha value is -2.80. The first-order valence-corrected chi connectivity index (χ1v) is 9.88. The maximum absolute atomic E-state index is 13.7. The van der Waals surface area contributed by atoms with Crippen molar-refractivity contribution in [1.82, 2.24) is 9.88 Å². The minimum absolute atomic E-state index is 0.0377. The van der Waals surface area contributed by atoms with Crippen LogP contribution in [0, 0.1) is 12.7 Å². The maximum Gasteiger partial charge on any atom is 0.272 e. The molecule has 2 aromatic rings. The number of aromatic nitrogens is 1. The number of ether oxygens (including phenoxy) is 1. The largest absolute Gasteiger partial charge is 0.363 e. The minimum Gasteiger partial charge on any atom is -0.363 e. The average molecular weight is 397 g/mol. The van der Waals surface area contributed by atoms with E-state index in [1.54, 1.807) is 34.2 Å². The summed E-state index contributed by atoms with van der Waals surface area (Å²) in [6.07, 6.45) is 3.81. The highest BCUT2D eigenvalue weighted by Crippen LogP contribution is 2.33. The van der Waals surface area contributed by atoms with Gasteiger partial charge in [-0.3, -0.25) is 14.6 Å². The van der Waals surface area contributed by atoms with Crippen LogP contribution in [0.3, 0.4) is 0 Å². The zero-order valence-electron chi connectivity index (χ0n) is 16.4. The van der Waals surface area contributed by atoms with Crippen LogP contribution in [-0.4, -0.2) is 53.5 Å². The molecule has 0 N–H and O–H groups in total. The van der Waals surface area contributed by atoms with Gasteiger partial charge in [-0.05, 0) is 56.0 Å². The molecular formula is C22H24FN3O3. The number of nitrogens with zero attached hydrogens (tertiary/aromatic N) is 3. The van der Waals surface area contributed by atoms with E-state index >= 15 is 0 Å². The Morgan fingerprint density at radius 2 is 2.07 bits per heavy atom. The van der Waals surface area contributed by atoms with Crippen molar-refractivity contribution in [1.29, 1.82) is 0 Å². The number of rotatable bonds is 2. The molecule has 29 heavy (non-hydrogen) atoms. The Balaban J connectivity index is 1.48. The number of hydrogen-bond acceptors (Lipinski definition) is 4. The summed E-state index contributed by atoms with van der Waals surface area (Å²) >= 11 is 0. The van der Waals surface area contributed by atoms with Crippen LogP contribution in [0.15, 0.2) is 42.6 Å². The fourth-order valence-electron chi connectivity index (χ4n) is 4.02. The first-order chi connectivity index (χ1) is 14.0. The second kappa shape index (κ2) is 7.91. The van der Waals surface area contributed by atoms with Gasteiger partial charge in [-0.25, -0.2) is 4.39 Å². The molecule has 2 saturated heterocycles. The predicted octanol–water partition coefficient (Wildman–Crippen LogP) is 2.96. The first-order valence-electron chi connectivity index (χ1n) is 9.88. The topological polar surface area (TPSA) is 62.7 Å². The van der Waals surface area contributed by atoms with E-state index in [0.717, 1.165) is 18.4 Å². The number of hydrogen-bond donors (Lipinski definition) is 0. The number of anilines is 1. The Morgan fingerprint density at radius 3 is 2.83 bits per heavy atom. The van der Waals surface area contributed by atoms with E-state index in [9.17, 15) is 14.0 Å². The van der Waals surface area contributed by atoms with E-state index in [0.29, 0.717) is 37.4 Å². The van der Waals surface area contributed by atoms with Gasteiger partial charge in [0.2, 0.25) is 0 Å². The predicted molar refractivity (Wildman–Crippen MR) is 106 cm³/mol. The van der Waals surface area contributed by atoms with E-state index in [2.05, 4.69) is 4.98 Å². The molecular weight excluding hydrogens is 373 g/mol. The third kappa shape index (κ3) is 4.15. The maximum atomic E-state index is 13.7. The van der Waals surface area contributed by atoms with Crippen molar-refractivity contribution in [3.05, 3.63) is 59.7 Å². The molecule has 1 aromatic carbocycles. The molecule has 7 heteroatoms. The van der Waals surface area contributed by atoms with Crippen molar-refractivity contribution in [2.45, 2.75) is 31.8 Å². The Labute approximate surface area is 169 Å². The van der Waals surface area contributed by atoms with Crippen molar-refractivity contribution < 1.29 is 18.7 Å². The molecule has 152 valence electrons. The SMILES string of the molecule is Cc1ccc(C(=O)N2CCCC3(CC2)CN(c2cccc(F)c2)C(=O)CO3)nc1. The standard InChI is InChI=1S/C22H24FN3O3/c1-16-6-7-19(24-13-16)21(28)25-10-3-8-22(9-11-25)15-26(20(27)14-29-22)18-5-2-4-17(23)12-18/h2,4-7,12-13H,3,8-11,14-15H2,1H3.